The van der Waals surface area contributed by atoms with Crippen LogP contribution in [0, 0.1) is 23.7 Å². The lowest BCUT2D eigenvalue weighted by atomic mass is 9.78. The van der Waals surface area contributed by atoms with Gasteiger partial charge in [0.2, 0.25) is 0 Å². The first-order chi connectivity index (χ1) is 5.61. The normalized spacial score (nSPS) is 19.2. The average molecular weight is 170 g/mol. The van der Waals surface area contributed by atoms with E-state index >= 15 is 0 Å². The monoisotopic (exact) mass is 170 g/mol. The van der Waals surface area contributed by atoms with Gasteiger partial charge < -0.3 is 4.74 Å². The van der Waals surface area contributed by atoms with Crippen molar-refractivity contribution < 1.29 is 4.74 Å². The van der Waals surface area contributed by atoms with Crippen LogP contribution in [0.3, 0.4) is 0 Å². The zero-order valence-corrected chi connectivity index (χ0v) is 8.84. The second-order valence-corrected chi connectivity index (χ2v) is 4.79. The molecule has 0 saturated carbocycles. The van der Waals surface area contributed by atoms with Gasteiger partial charge in [-0.2, -0.15) is 0 Å². The molecular formula is C11H22O. The van der Waals surface area contributed by atoms with Crippen LogP contribution in [-0.2, 0) is 4.74 Å². The molecule has 1 aliphatic rings. The zero-order chi connectivity index (χ0) is 9.14. The Balaban J connectivity index is 2.31. The number of rotatable bonds is 4. The Morgan fingerprint density at radius 2 is 1.58 bits per heavy atom. The molecule has 1 rings (SSSR count). The quantitative estimate of drug-likeness (QED) is 0.630. The van der Waals surface area contributed by atoms with E-state index in [2.05, 4.69) is 27.7 Å². The molecule has 0 unspecified atom stereocenters. The van der Waals surface area contributed by atoms with E-state index in [0.717, 1.165) is 36.9 Å². The average Bonchev–Trinajstić information content (AvgIpc) is 1.82. The summed E-state index contributed by atoms with van der Waals surface area (Å²) in [7, 11) is 0. The van der Waals surface area contributed by atoms with E-state index in [1.54, 1.807) is 0 Å². The molecule has 1 aliphatic heterocycles. The number of ether oxygens (including phenoxy) is 1. The van der Waals surface area contributed by atoms with Crippen LogP contribution >= 0.6 is 0 Å². The molecule has 0 amide bonds. The largest absolute Gasteiger partial charge is 0.381 e. The number of hydrogen-bond donors (Lipinski definition) is 0. The molecule has 0 bridgehead atoms. The highest BCUT2D eigenvalue weighted by Gasteiger charge is 2.26. The molecule has 0 aromatic heterocycles. The molecule has 0 atom stereocenters. The van der Waals surface area contributed by atoms with E-state index < -0.39 is 0 Å². The van der Waals surface area contributed by atoms with Crippen molar-refractivity contribution in [3.8, 4) is 0 Å². The minimum absolute atomic E-state index is 0.825. The Labute approximate surface area is 76.5 Å². The third-order valence-corrected chi connectivity index (χ3v) is 3.03. The number of hydrogen-bond acceptors (Lipinski definition) is 1. The molecule has 1 nitrogen and oxygen atoms in total. The molecule has 72 valence electrons. The summed E-state index contributed by atoms with van der Waals surface area (Å²) < 4.78 is 5.20. The van der Waals surface area contributed by atoms with Gasteiger partial charge in [0, 0.05) is 5.92 Å². The molecule has 12 heavy (non-hydrogen) atoms. The molecule has 1 heterocycles. The summed E-state index contributed by atoms with van der Waals surface area (Å²) in [6.07, 6.45) is 1.37. The molecule has 1 heteroatoms. The van der Waals surface area contributed by atoms with Crippen molar-refractivity contribution in [3.63, 3.8) is 0 Å². The molecule has 0 aliphatic carbocycles. The van der Waals surface area contributed by atoms with E-state index in [-0.39, 0.29) is 0 Å². The Morgan fingerprint density at radius 3 is 1.83 bits per heavy atom. The third-order valence-electron chi connectivity index (χ3n) is 3.03. The Bertz CT molecular complexity index is 117. The predicted octanol–water partition coefficient (Wildman–Crippen LogP) is 2.95. The highest BCUT2D eigenvalue weighted by Crippen LogP contribution is 2.30. The van der Waals surface area contributed by atoms with Crippen molar-refractivity contribution in [1.82, 2.24) is 0 Å². The standard InChI is InChI=1S/C11H22O/c1-8(2)11(9(3)4)5-10-6-12-7-10/h8-11H,5-7H2,1-4H3. The van der Waals surface area contributed by atoms with E-state index in [4.69, 9.17) is 4.74 Å². The molecule has 1 saturated heterocycles. The summed E-state index contributed by atoms with van der Waals surface area (Å²) in [6.45, 7) is 11.4. The van der Waals surface area contributed by atoms with E-state index in [0.29, 0.717) is 0 Å². The molecule has 0 spiro atoms. The fraction of sp³-hybridized carbons (Fsp3) is 1.00. The van der Waals surface area contributed by atoms with Gasteiger partial charge in [-0.05, 0) is 24.2 Å². The van der Waals surface area contributed by atoms with Crippen molar-refractivity contribution >= 4 is 0 Å². The molecule has 0 aromatic rings. The lowest BCUT2D eigenvalue weighted by molar-refractivity contribution is -0.0487. The van der Waals surface area contributed by atoms with Gasteiger partial charge in [-0.25, -0.2) is 0 Å². The van der Waals surface area contributed by atoms with Crippen molar-refractivity contribution in [1.29, 1.82) is 0 Å². The minimum atomic E-state index is 0.825. The van der Waals surface area contributed by atoms with Crippen LogP contribution in [0.1, 0.15) is 34.1 Å². The van der Waals surface area contributed by atoms with Gasteiger partial charge in [-0.3, -0.25) is 0 Å². The fourth-order valence-electron chi connectivity index (χ4n) is 2.12. The van der Waals surface area contributed by atoms with Gasteiger partial charge >= 0.3 is 0 Å². The van der Waals surface area contributed by atoms with E-state index in [1.165, 1.54) is 6.42 Å². The molecule has 0 aromatic carbocycles. The topological polar surface area (TPSA) is 9.23 Å². The van der Waals surface area contributed by atoms with Crippen molar-refractivity contribution in [2.24, 2.45) is 23.7 Å². The highest BCUT2D eigenvalue weighted by atomic mass is 16.5. The van der Waals surface area contributed by atoms with Crippen molar-refractivity contribution in [2.45, 2.75) is 34.1 Å². The van der Waals surface area contributed by atoms with Crippen LogP contribution in [0.5, 0.6) is 0 Å². The van der Waals surface area contributed by atoms with Crippen molar-refractivity contribution in [3.05, 3.63) is 0 Å². The molecule has 0 N–H and O–H groups in total. The van der Waals surface area contributed by atoms with Crippen molar-refractivity contribution in [2.75, 3.05) is 13.2 Å². The van der Waals surface area contributed by atoms with E-state index in [9.17, 15) is 0 Å². The molecular weight excluding hydrogens is 148 g/mol. The SMILES string of the molecule is CC(C)C(CC1COC1)C(C)C. The smallest absolute Gasteiger partial charge is 0.0516 e. The first kappa shape index (κ1) is 10.0. The van der Waals surface area contributed by atoms with Gasteiger partial charge in [0.1, 0.15) is 0 Å². The van der Waals surface area contributed by atoms with Crippen LogP contribution in [0.2, 0.25) is 0 Å². The maximum absolute atomic E-state index is 5.20. The summed E-state index contributed by atoms with van der Waals surface area (Å²) in [5.41, 5.74) is 0. The van der Waals surface area contributed by atoms with Crippen LogP contribution < -0.4 is 0 Å². The van der Waals surface area contributed by atoms with Crippen LogP contribution in [-0.4, -0.2) is 13.2 Å². The maximum atomic E-state index is 5.20. The second kappa shape index (κ2) is 4.27. The summed E-state index contributed by atoms with van der Waals surface area (Å²) in [5, 5.41) is 0. The fourth-order valence-corrected chi connectivity index (χ4v) is 2.12. The zero-order valence-electron chi connectivity index (χ0n) is 8.84. The molecule has 0 radical (unpaired) electrons. The lowest BCUT2D eigenvalue weighted by Gasteiger charge is -2.33. The van der Waals surface area contributed by atoms with Crippen LogP contribution in [0.25, 0.3) is 0 Å². The van der Waals surface area contributed by atoms with Crippen LogP contribution in [0.4, 0.5) is 0 Å². The second-order valence-electron chi connectivity index (χ2n) is 4.79. The van der Waals surface area contributed by atoms with Gasteiger partial charge in [0.25, 0.3) is 0 Å². The summed E-state index contributed by atoms with van der Waals surface area (Å²) in [5.74, 6) is 3.40. The van der Waals surface area contributed by atoms with Gasteiger partial charge in [0.05, 0.1) is 13.2 Å². The summed E-state index contributed by atoms with van der Waals surface area (Å²) >= 11 is 0. The minimum Gasteiger partial charge on any atom is -0.381 e. The van der Waals surface area contributed by atoms with Gasteiger partial charge in [0.15, 0.2) is 0 Å². The van der Waals surface area contributed by atoms with Crippen LogP contribution in [0.15, 0.2) is 0 Å². The molecule has 1 fully saturated rings. The Kier molecular flexibility index (Phi) is 3.57. The van der Waals surface area contributed by atoms with E-state index in [1.807, 2.05) is 0 Å². The third kappa shape index (κ3) is 2.48. The highest BCUT2D eigenvalue weighted by molar-refractivity contribution is 4.74. The summed E-state index contributed by atoms with van der Waals surface area (Å²) in [6, 6.07) is 0. The Morgan fingerprint density at radius 1 is 1.08 bits per heavy atom. The summed E-state index contributed by atoms with van der Waals surface area (Å²) in [4.78, 5) is 0. The van der Waals surface area contributed by atoms with Gasteiger partial charge in [-0.15, -0.1) is 0 Å². The first-order valence-corrected chi connectivity index (χ1v) is 5.19. The Hall–Kier alpha value is -0.0400. The lowest BCUT2D eigenvalue weighted by Crippen LogP contribution is -2.32. The predicted molar refractivity (Wildman–Crippen MR) is 52.1 cm³/mol. The van der Waals surface area contributed by atoms with Gasteiger partial charge in [-0.1, -0.05) is 27.7 Å². The first-order valence-electron chi connectivity index (χ1n) is 5.19. The maximum Gasteiger partial charge on any atom is 0.0516 e.